The Bertz CT molecular complexity index is 1100. The molecule has 0 amide bonds. The van der Waals surface area contributed by atoms with Crippen LogP contribution in [0, 0.1) is 3.95 Å². The van der Waals surface area contributed by atoms with Crippen LogP contribution in [0.4, 0.5) is 17.1 Å². The van der Waals surface area contributed by atoms with E-state index >= 15 is 0 Å². The molecule has 0 bridgehead atoms. The number of hydrogen-bond acceptors (Lipinski definition) is 5. The highest BCUT2D eigenvalue weighted by Gasteiger charge is 2.03. The van der Waals surface area contributed by atoms with Crippen molar-refractivity contribution in [2.24, 2.45) is 10.2 Å². The molecule has 0 saturated carbocycles. The summed E-state index contributed by atoms with van der Waals surface area (Å²) in [5, 5.41) is 11.9. The van der Waals surface area contributed by atoms with Gasteiger partial charge in [-0.05, 0) is 60.7 Å². The molecule has 26 heavy (non-hydrogen) atoms. The van der Waals surface area contributed by atoms with Gasteiger partial charge in [0, 0.05) is 5.69 Å². The number of fused-ring (bicyclic) bond motifs is 1. The van der Waals surface area contributed by atoms with Crippen LogP contribution in [0.1, 0.15) is 0 Å². The van der Waals surface area contributed by atoms with Crippen LogP contribution < -0.4 is 5.32 Å². The number of para-hydroxylation sites is 1. The van der Waals surface area contributed by atoms with Gasteiger partial charge in [-0.1, -0.05) is 30.3 Å². The SMILES string of the molecule is S=c1sc2ccccc2n1CNc1ccc(N=Nc2ccccc2)cc1. The molecular weight excluding hydrogens is 360 g/mol. The van der Waals surface area contributed by atoms with Crippen LogP contribution in [0.5, 0.6) is 0 Å². The number of benzene rings is 3. The average Bonchev–Trinajstić information content (AvgIpc) is 3.01. The first-order valence-electron chi connectivity index (χ1n) is 8.19. The Hall–Kier alpha value is -2.83. The van der Waals surface area contributed by atoms with Crippen molar-refractivity contribution in [2.45, 2.75) is 6.67 Å². The number of rotatable bonds is 5. The third-order valence-corrected chi connectivity index (χ3v) is 5.35. The molecule has 0 aliphatic rings. The van der Waals surface area contributed by atoms with Crippen LogP contribution in [0.25, 0.3) is 10.2 Å². The van der Waals surface area contributed by atoms with Gasteiger partial charge >= 0.3 is 0 Å². The summed E-state index contributed by atoms with van der Waals surface area (Å²) >= 11 is 7.12. The van der Waals surface area contributed by atoms with Gasteiger partial charge in [0.05, 0.1) is 28.3 Å². The van der Waals surface area contributed by atoms with Crippen molar-refractivity contribution in [3.05, 3.63) is 82.8 Å². The lowest BCUT2D eigenvalue weighted by molar-refractivity contribution is 0.807. The van der Waals surface area contributed by atoms with Crippen LogP contribution in [-0.4, -0.2) is 4.57 Å². The summed E-state index contributed by atoms with van der Waals surface area (Å²) in [5.41, 5.74) is 3.83. The van der Waals surface area contributed by atoms with E-state index in [4.69, 9.17) is 12.2 Å². The molecule has 0 fully saturated rings. The van der Waals surface area contributed by atoms with Crippen LogP contribution in [0.15, 0.2) is 89.1 Å². The molecule has 4 aromatic rings. The molecule has 0 spiro atoms. The molecule has 0 aliphatic carbocycles. The number of azo groups is 1. The quantitative estimate of drug-likeness (QED) is 0.303. The molecule has 0 atom stereocenters. The topological polar surface area (TPSA) is 41.7 Å². The zero-order valence-corrected chi connectivity index (χ0v) is 15.5. The van der Waals surface area contributed by atoms with Gasteiger partial charge in [-0.15, -0.1) is 11.3 Å². The van der Waals surface area contributed by atoms with Crippen molar-refractivity contribution in [3.63, 3.8) is 0 Å². The fourth-order valence-electron chi connectivity index (χ4n) is 2.59. The van der Waals surface area contributed by atoms with Crippen molar-refractivity contribution >= 4 is 50.8 Å². The first-order valence-corrected chi connectivity index (χ1v) is 9.41. The standard InChI is InChI=1S/C20H16N4S2/c25-20-24(18-8-4-5-9-19(18)26-20)14-21-15-10-12-17(13-11-15)23-22-16-6-2-1-3-7-16/h1-13,21H,14H2. The van der Waals surface area contributed by atoms with Gasteiger partial charge in [0.25, 0.3) is 0 Å². The first-order chi connectivity index (χ1) is 12.8. The molecule has 0 aliphatic heterocycles. The van der Waals surface area contributed by atoms with Crippen molar-refractivity contribution in [1.82, 2.24) is 4.57 Å². The monoisotopic (exact) mass is 376 g/mol. The van der Waals surface area contributed by atoms with E-state index in [-0.39, 0.29) is 0 Å². The van der Waals surface area contributed by atoms with E-state index < -0.39 is 0 Å². The third-order valence-electron chi connectivity index (χ3n) is 3.92. The smallest absolute Gasteiger partial charge is 0.163 e. The van der Waals surface area contributed by atoms with Gasteiger partial charge in [-0.25, -0.2) is 0 Å². The van der Waals surface area contributed by atoms with Crippen LogP contribution in [0.3, 0.4) is 0 Å². The molecule has 0 unspecified atom stereocenters. The lowest BCUT2D eigenvalue weighted by atomic mass is 10.3. The van der Waals surface area contributed by atoms with Gasteiger partial charge in [-0.2, -0.15) is 10.2 Å². The molecule has 0 saturated heterocycles. The highest BCUT2D eigenvalue weighted by atomic mass is 32.1. The third kappa shape index (κ3) is 3.71. The maximum atomic E-state index is 5.48. The fraction of sp³-hybridized carbons (Fsp3) is 0.0500. The summed E-state index contributed by atoms with van der Waals surface area (Å²) in [5.74, 6) is 0. The first kappa shape index (κ1) is 16.6. The predicted octanol–water partition coefficient (Wildman–Crippen LogP) is 6.92. The minimum absolute atomic E-state index is 0.633. The Morgan fingerprint density at radius 2 is 1.46 bits per heavy atom. The Morgan fingerprint density at radius 3 is 2.23 bits per heavy atom. The number of thiazole rings is 1. The number of anilines is 1. The molecular formula is C20H16N4S2. The van der Waals surface area contributed by atoms with Gasteiger partial charge in [0.1, 0.15) is 0 Å². The van der Waals surface area contributed by atoms with E-state index in [0.717, 1.165) is 26.5 Å². The predicted molar refractivity (Wildman–Crippen MR) is 111 cm³/mol. The minimum Gasteiger partial charge on any atom is -0.367 e. The summed E-state index contributed by atoms with van der Waals surface area (Å²) in [4.78, 5) is 0. The van der Waals surface area contributed by atoms with E-state index in [9.17, 15) is 0 Å². The second kappa shape index (κ2) is 7.59. The average molecular weight is 377 g/mol. The van der Waals surface area contributed by atoms with Gasteiger partial charge < -0.3 is 9.88 Å². The van der Waals surface area contributed by atoms with Crippen LogP contribution in [-0.2, 0) is 6.67 Å². The molecule has 3 aromatic carbocycles. The summed E-state index contributed by atoms with van der Waals surface area (Å²) in [6, 6.07) is 25.8. The summed E-state index contributed by atoms with van der Waals surface area (Å²) in [6.07, 6.45) is 0. The Morgan fingerprint density at radius 1 is 0.808 bits per heavy atom. The van der Waals surface area contributed by atoms with Gasteiger partial charge in [0.2, 0.25) is 0 Å². The fourth-order valence-corrected chi connectivity index (χ4v) is 3.91. The molecule has 1 aromatic heterocycles. The zero-order valence-electron chi connectivity index (χ0n) is 13.9. The molecule has 0 radical (unpaired) electrons. The van der Waals surface area contributed by atoms with E-state index in [0.29, 0.717) is 6.67 Å². The highest BCUT2D eigenvalue weighted by Crippen LogP contribution is 2.24. The number of nitrogens with zero attached hydrogens (tertiary/aromatic N) is 3. The molecule has 1 N–H and O–H groups in total. The van der Waals surface area contributed by atoms with Crippen LogP contribution >= 0.6 is 23.6 Å². The Labute approximate surface area is 160 Å². The summed E-state index contributed by atoms with van der Waals surface area (Å²) in [7, 11) is 0. The summed E-state index contributed by atoms with van der Waals surface area (Å²) < 4.78 is 4.18. The second-order valence-corrected chi connectivity index (χ2v) is 7.36. The largest absolute Gasteiger partial charge is 0.367 e. The normalized spacial score (nSPS) is 11.2. The highest BCUT2D eigenvalue weighted by molar-refractivity contribution is 7.73. The van der Waals surface area contributed by atoms with Crippen LogP contribution in [0.2, 0.25) is 0 Å². The molecule has 6 heteroatoms. The molecule has 128 valence electrons. The van der Waals surface area contributed by atoms with Crippen molar-refractivity contribution in [1.29, 1.82) is 0 Å². The lowest BCUT2D eigenvalue weighted by Gasteiger charge is -2.08. The van der Waals surface area contributed by atoms with E-state index in [2.05, 4.69) is 32.2 Å². The Kier molecular flexibility index (Phi) is 4.86. The van der Waals surface area contributed by atoms with Crippen molar-refractivity contribution < 1.29 is 0 Å². The summed E-state index contributed by atoms with van der Waals surface area (Å²) in [6.45, 7) is 0.633. The maximum absolute atomic E-state index is 5.48. The van der Waals surface area contributed by atoms with E-state index in [1.165, 1.54) is 4.70 Å². The second-order valence-electron chi connectivity index (χ2n) is 5.68. The molecule has 4 nitrogen and oxygen atoms in total. The molecule has 4 rings (SSSR count). The van der Waals surface area contributed by atoms with Crippen molar-refractivity contribution in [2.75, 3.05) is 5.32 Å². The van der Waals surface area contributed by atoms with Crippen molar-refractivity contribution in [3.8, 4) is 0 Å². The number of hydrogen-bond donors (Lipinski definition) is 1. The number of aromatic nitrogens is 1. The van der Waals surface area contributed by atoms with E-state index in [1.807, 2.05) is 66.7 Å². The van der Waals surface area contributed by atoms with Gasteiger partial charge in [0.15, 0.2) is 3.95 Å². The molecule has 1 heterocycles. The minimum atomic E-state index is 0.633. The van der Waals surface area contributed by atoms with E-state index in [1.54, 1.807) is 11.3 Å². The van der Waals surface area contributed by atoms with Gasteiger partial charge in [-0.3, -0.25) is 0 Å². The number of nitrogens with one attached hydrogen (secondary N) is 1. The maximum Gasteiger partial charge on any atom is 0.163 e. The Balaban J connectivity index is 1.45. The lowest BCUT2D eigenvalue weighted by Crippen LogP contribution is -2.07. The zero-order chi connectivity index (χ0) is 17.8.